The Morgan fingerprint density at radius 1 is 0.952 bits per heavy atom. The van der Waals surface area contributed by atoms with Crippen molar-refractivity contribution >= 4 is 5.97 Å². The molecule has 0 aliphatic rings. The van der Waals surface area contributed by atoms with Gasteiger partial charge < -0.3 is 14.6 Å². The highest BCUT2D eigenvalue weighted by atomic mass is 19.4. The zero-order valence-electron chi connectivity index (χ0n) is 24.2. The van der Waals surface area contributed by atoms with Gasteiger partial charge in [-0.25, -0.2) is 4.79 Å². The Hall–Kier alpha value is -4.31. The van der Waals surface area contributed by atoms with E-state index in [-0.39, 0.29) is 0 Å². The van der Waals surface area contributed by atoms with Crippen molar-refractivity contribution in [3.8, 4) is 22.8 Å². The summed E-state index contributed by atoms with van der Waals surface area (Å²) in [5, 5.41) is 14.1. The fourth-order valence-corrected chi connectivity index (χ4v) is 4.48. The van der Waals surface area contributed by atoms with Crippen molar-refractivity contribution in [3.05, 3.63) is 101 Å². The molecule has 0 aliphatic carbocycles. The van der Waals surface area contributed by atoms with Crippen LogP contribution in [-0.2, 0) is 30.6 Å². The third-order valence-electron chi connectivity index (χ3n) is 6.87. The number of aromatic nitrogens is 2. The minimum Gasteiger partial charge on any atom is -0.497 e. The second-order valence-corrected chi connectivity index (χ2v) is 10.8. The van der Waals surface area contributed by atoms with Gasteiger partial charge in [0.2, 0.25) is 0 Å². The summed E-state index contributed by atoms with van der Waals surface area (Å²) in [7, 11) is 3.57. The Morgan fingerprint density at radius 2 is 1.60 bits per heavy atom. The highest BCUT2D eigenvalue weighted by molar-refractivity contribution is 5.76. The fourth-order valence-electron chi connectivity index (χ4n) is 4.48. The van der Waals surface area contributed by atoms with Crippen molar-refractivity contribution in [2.75, 3.05) is 14.2 Å². The first-order valence-electron chi connectivity index (χ1n) is 13.3. The molecule has 7 nitrogen and oxygen atoms in total. The van der Waals surface area contributed by atoms with Crippen LogP contribution in [0.15, 0.2) is 72.8 Å². The topological polar surface area (TPSA) is 76.8 Å². The molecule has 0 saturated heterocycles. The second-order valence-electron chi connectivity index (χ2n) is 10.8. The number of carboxylic acid groups (broad SMARTS) is 1. The lowest BCUT2D eigenvalue weighted by Gasteiger charge is -2.23. The number of aryl methyl sites for hydroxylation is 1. The van der Waals surface area contributed by atoms with Crippen LogP contribution in [-0.4, -0.2) is 45.5 Å². The Labute approximate surface area is 243 Å². The van der Waals surface area contributed by atoms with Gasteiger partial charge in [0, 0.05) is 18.7 Å². The molecule has 0 unspecified atom stereocenters. The van der Waals surface area contributed by atoms with Crippen LogP contribution in [0.5, 0.6) is 11.5 Å². The van der Waals surface area contributed by atoms with Crippen LogP contribution in [0.4, 0.5) is 13.2 Å². The fraction of sp³-hybridized carbons (Fsp3) is 0.312. The van der Waals surface area contributed by atoms with Crippen molar-refractivity contribution in [3.63, 3.8) is 0 Å². The van der Waals surface area contributed by atoms with Gasteiger partial charge in [0.05, 0.1) is 30.6 Å². The van der Waals surface area contributed by atoms with Crippen molar-refractivity contribution in [2.24, 2.45) is 0 Å². The molecule has 4 aromatic rings. The molecular weight excluding hydrogens is 547 g/mol. The maximum atomic E-state index is 13.1. The number of hydrogen-bond acceptors (Lipinski definition) is 5. The van der Waals surface area contributed by atoms with E-state index in [1.807, 2.05) is 61.1 Å². The van der Waals surface area contributed by atoms with Crippen LogP contribution in [0.25, 0.3) is 11.3 Å². The number of methoxy groups -OCH3 is 1. The predicted molar refractivity (Wildman–Crippen MR) is 153 cm³/mol. The normalized spacial score (nSPS) is 12.0. The van der Waals surface area contributed by atoms with E-state index in [1.54, 1.807) is 13.2 Å². The summed E-state index contributed by atoms with van der Waals surface area (Å²) in [6, 6.07) is 20.2. The Morgan fingerprint density at radius 3 is 2.17 bits per heavy atom. The lowest BCUT2D eigenvalue weighted by molar-refractivity contribution is -0.152. The minimum atomic E-state index is -4.41. The molecule has 1 heterocycles. The van der Waals surface area contributed by atoms with Gasteiger partial charge in [-0.3, -0.25) is 9.58 Å². The van der Waals surface area contributed by atoms with E-state index in [2.05, 4.69) is 4.90 Å². The van der Waals surface area contributed by atoms with Crippen molar-refractivity contribution in [1.82, 2.24) is 14.7 Å². The van der Waals surface area contributed by atoms with Gasteiger partial charge in [-0.2, -0.15) is 18.3 Å². The number of halogens is 3. The van der Waals surface area contributed by atoms with Crippen LogP contribution in [0, 0.1) is 6.92 Å². The molecule has 10 heteroatoms. The molecule has 4 rings (SSSR count). The van der Waals surface area contributed by atoms with Gasteiger partial charge in [0.15, 0.2) is 5.60 Å². The predicted octanol–water partition coefficient (Wildman–Crippen LogP) is 6.81. The molecule has 42 heavy (non-hydrogen) atoms. The van der Waals surface area contributed by atoms with E-state index < -0.39 is 23.3 Å². The molecule has 1 aromatic heterocycles. The van der Waals surface area contributed by atoms with E-state index in [0.29, 0.717) is 36.6 Å². The molecule has 0 saturated carbocycles. The molecule has 3 aromatic carbocycles. The number of benzene rings is 3. The third kappa shape index (κ3) is 7.50. The molecule has 0 atom stereocenters. The molecule has 0 radical (unpaired) electrons. The number of hydrogen-bond donors (Lipinski definition) is 1. The maximum Gasteiger partial charge on any atom is 0.416 e. The molecule has 0 aliphatic heterocycles. The zero-order valence-corrected chi connectivity index (χ0v) is 24.2. The molecule has 0 fully saturated rings. The molecule has 222 valence electrons. The maximum absolute atomic E-state index is 13.1. The molecule has 0 amide bonds. The number of aliphatic carboxylic acids is 1. The van der Waals surface area contributed by atoms with Crippen LogP contribution < -0.4 is 9.47 Å². The summed E-state index contributed by atoms with van der Waals surface area (Å²) < 4.78 is 52.1. The van der Waals surface area contributed by atoms with E-state index in [9.17, 15) is 23.1 Å². The van der Waals surface area contributed by atoms with Gasteiger partial charge in [0.1, 0.15) is 11.5 Å². The molecule has 1 N–H and O–H groups in total. The first kappa shape index (κ1) is 30.6. The minimum absolute atomic E-state index is 0.471. The number of nitrogens with zero attached hydrogens (tertiary/aromatic N) is 3. The largest absolute Gasteiger partial charge is 0.497 e. The lowest BCUT2D eigenvalue weighted by atomic mass is 10.1. The van der Waals surface area contributed by atoms with Crippen LogP contribution in [0.2, 0.25) is 0 Å². The van der Waals surface area contributed by atoms with Gasteiger partial charge >= 0.3 is 12.1 Å². The molecule has 0 spiro atoms. The average molecular weight is 582 g/mol. The van der Waals surface area contributed by atoms with Gasteiger partial charge in [-0.05, 0) is 80.9 Å². The van der Waals surface area contributed by atoms with E-state index in [0.717, 1.165) is 40.3 Å². The molecule has 0 bridgehead atoms. The van der Waals surface area contributed by atoms with Gasteiger partial charge in [-0.15, -0.1) is 0 Å². The monoisotopic (exact) mass is 581 g/mol. The van der Waals surface area contributed by atoms with Crippen molar-refractivity contribution in [2.45, 2.75) is 52.2 Å². The average Bonchev–Trinajstić information content (AvgIpc) is 3.31. The lowest BCUT2D eigenvalue weighted by Crippen LogP contribution is -2.38. The van der Waals surface area contributed by atoms with Gasteiger partial charge in [-0.1, -0.05) is 36.4 Å². The van der Waals surface area contributed by atoms with Crippen LogP contribution in [0.1, 0.15) is 41.8 Å². The van der Waals surface area contributed by atoms with E-state index >= 15 is 0 Å². The van der Waals surface area contributed by atoms with Gasteiger partial charge in [0.25, 0.3) is 0 Å². The summed E-state index contributed by atoms with van der Waals surface area (Å²) in [5.41, 5.74) is 2.84. The Kier molecular flexibility index (Phi) is 8.96. The van der Waals surface area contributed by atoms with Crippen LogP contribution in [0.3, 0.4) is 0 Å². The quantitative estimate of drug-likeness (QED) is 0.210. The first-order chi connectivity index (χ1) is 19.7. The third-order valence-corrected chi connectivity index (χ3v) is 6.87. The number of rotatable bonds is 11. The zero-order chi connectivity index (χ0) is 30.7. The number of ether oxygens (including phenoxy) is 2. The summed E-state index contributed by atoms with van der Waals surface area (Å²) >= 11 is 0. The second kappa shape index (κ2) is 12.3. The van der Waals surface area contributed by atoms with Crippen LogP contribution >= 0.6 is 0 Å². The first-order valence-corrected chi connectivity index (χ1v) is 13.3. The highest BCUT2D eigenvalue weighted by Gasteiger charge is 2.31. The molecular formula is C32H34F3N3O4. The van der Waals surface area contributed by atoms with Crippen molar-refractivity contribution < 1.29 is 32.5 Å². The summed E-state index contributed by atoms with van der Waals surface area (Å²) in [5.74, 6) is 0.197. The Balaban J connectivity index is 1.56. The highest BCUT2D eigenvalue weighted by Crippen LogP contribution is 2.31. The van der Waals surface area contributed by atoms with E-state index in [1.165, 1.54) is 26.0 Å². The van der Waals surface area contributed by atoms with Crippen molar-refractivity contribution in [1.29, 1.82) is 0 Å². The number of carboxylic acids is 1. The van der Waals surface area contributed by atoms with E-state index in [4.69, 9.17) is 14.6 Å². The Bertz CT molecular complexity index is 1530. The standard InChI is InChI=1S/C32H34F3N3O4/c1-21-16-23(8-15-29(21)42-31(2,3)30(39)40)18-37(4)20-26-17-28(24-9-11-25(12-10-24)32(33,34)35)36-38(26)19-22-6-13-27(41-5)14-7-22/h6-17H,18-20H2,1-5H3,(H,39,40). The summed E-state index contributed by atoms with van der Waals surface area (Å²) in [6.45, 7) is 6.46. The smallest absolute Gasteiger partial charge is 0.416 e. The summed E-state index contributed by atoms with van der Waals surface area (Å²) in [4.78, 5) is 13.6. The SMILES string of the molecule is COc1ccc(Cn2nc(-c3ccc(C(F)(F)F)cc3)cc2CN(C)Cc2ccc(OC(C)(C)C(=O)O)c(C)c2)cc1. The number of carbonyl (C=O) groups is 1. The summed E-state index contributed by atoms with van der Waals surface area (Å²) in [6.07, 6.45) is -4.41. The number of alkyl halides is 3.